The highest BCUT2D eigenvalue weighted by Crippen LogP contribution is 2.21. The standard InChI is InChI=1S/C22H24F2N4/c23-19-3-7-21(8-4-19)27-15-13-25(17-27)11-1-2-12-26-14-16-28(18-26)22-9-5-20(24)6-10-22/h3-10,13-16H,1-2,11-12,17-18H2. The van der Waals surface area contributed by atoms with Gasteiger partial charge in [0.25, 0.3) is 0 Å². The molecule has 6 heteroatoms. The van der Waals surface area contributed by atoms with E-state index in [-0.39, 0.29) is 11.6 Å². The van der Waals surface area contributed by atoms with E-state index in [1.54, 1.807) is 24.3 Å². The lowest BCUT2D eigenvalue weighted by atomic mass is 10.3. The van der Waals surface area contributed by atoms with Crippen molar-refractivity contribution in [2.45, 2.75) is 12.8 Å². The maximum atomic E-state index is 13.0. The fourth-order valence-corrected chi connectivity index (χ4v) is 3.45. The minimum absolute atomic E-state index is 0.210. The van der Waals surface area contributed by atoms with E-state index in [1.807, 2.05) is 12.4 Å². The lowest BCUT2D eigenvalue weighted by molar-refractivity contribution is 0.354. The molecule has 2 aliphatic heterocycles. The van der Waals surface area contributed by atoms with Crippen LogP contribution in [0.1, 0.15) is 12.8 Å². The quantitative estimate of drug-likeness (QED) is 0.652. The molecule has 0 N–H and O–H groups in total. The van der Waals surface area contributed by atoms with Gasteiger partial charge in [-0.25, -0.2) is 8.78 Å². The van der Waals surface area contributed by atoms with Crippen molar-refractivity contribution in [1.29, 1.82) is 0 Å². The summed E-state index contributed by atoms with van der Waals surface area (Å²) in [5.74, 6) is -0.421. The van der Waals surface area contributed by atoms with Crippen molar-refractivity contribution in [1.82, 2.24) is 9.80 Å². The third-order valence-corrected chi connectivity index (χ3v) is 5.04. The summed E-state index contributed by atoms with van der Waals surface area (Å²) in [7, 11) is 0. The van der Waals surface area contributed by atoms with Gasteiger partial charge < -0.3 is 19.6 Å². The molecule has 0 aromatic heterocycles. The van der Waals surface area contributed by atoms with Crippen molar-refractivity contribution in [2.75, 3.05) is 36.2 Å². The highest BCUT2D eigenvalue weighted by molar-refractivity contribution is 5.50. The van der Waals surface area contributed by atoms with Crippen molar-refractivity contribution >= 4 is 11.4 Å². The number of hydrogen-bond acceptors (Lipinski definition) is 4. The van der Waals surface area contributed by atoms with E-state index in [0.717, 1.165) is 50.6 Å². The zero-order chi connectivity index (χ0) is 19.3. The van der Waals surface area contributed by atoms with Gasteiger partial charge in [0.2, 0.25) is 0 Å². The summed E-state index contributed by atoms with van der Waals surface area (Å²) in [4.78, 5) is 8.77. The van der Waals surface area contributed by atoms with Crippen LogP contribution in [0.5, 0.6) is 0 Å². The fourth-order valence-electron chi connectivity index (χ4n) is 3.45. The van der Waals surface area contributed by atoms with Crippen LogP contribution in [0.3, 0.4) is 0 Å². The van der Waals surface area contributed by atoms with Crippen LogP contribution in [0.4, 0.5) is 20.2 Å². The van der Waals surface area contributed by atoms with Crippen molar-refractivity contribution in [3.05, 3.63) is 85.0 Å². The second-order valence-electron chi connectivity index (χ2n) is 7.10. The number of hydrogen-bond donors (Lipinski definition) is 0. The number of benzene rings is 2. The monoisotopic (exact) mass is 382 g/mol. The van der Waals surface area contributed by atoms with E-state index >= 15 is 0 Å². The van der Waals surface area contributed by atoms with Gasteiger partial charge in [0.1, 0.15) is 11.6 Å². The first-order valence-electron chi connectivity index (χ1n) is 9.56. The van der Waals surface area contributed by atoms with E-state index in [0.29, 0.717) is 0 Å². The molecule has 4 nitrogen and oxygen atoms in total. The molecule has 0 fully saturated rings. The predicted molar refractivity (Wildman–Crippen MR) is 108 cm³/mol. The van der Waals surface area contributed by atoms with Crippen LogP contribution < -0.4 is 9.80 Å². The Bertz CT molecular complexity index is 761. The van der Waals surface area contributed by atoms with Crippen LogP contribution in [-0.2, 0) is 0 Å². The fraction of sp³-hybridized carbons (Fsp3) is 0.273. The van der Waals surface area contributed by atoms with E-state index in [2.05, 4.69) is 32.0 Å². The molecule has 0 amide bonds. The molecule has 4 rings (SSSR count). The summed E-state index contributed by atoms with van der Waals surface area (Å²) >= 11 is 0. The van der Waals surface area contributed by atoms with Crippen LogP contribution in [0.25, 0.3) is 0 Å². The molecule has 0 spiro atoms. The number of halogens is 2. The Morgan fingerprint density at radius 3 is 1.36 bits per heavy atom. The molecule has 0 saturated heterocycles. The Morgan fingerprint density at radius 2 is 0.964 bits per heavy atom. The van der Waals surface area contributed by atoms with Gasteiger partial charge in [-0.2, -0.15) is 0 Å². The van der Waals surface area contributed by atoms with Crippen LogP contribution in [0, 0.1) is 11.6 Å². The molecular formula is C22H24F2N4. The first kappa shape index (κ1) is 18.3. The van der Waals surface area contributed by atoms with Crippen molar-refractivity contribution in [3.63, 3.8) is 0 Å². The molecule has 0 bridgehead atoms. The Morgan fingerprint density at radius 1 is 0.571 bits per heavy atom. The molecule has 2 aliphatic rings. The Balaban J connectivity index is 1.15. The van der Waals surface area contributed by atoms with Crippen LogP contribution in [-0.4, -0.2) is 36.2 Å². The molecule has 2 aromatic carbocycles. The van der Waals surface area contributed by atoms with Crippen LogP contribution in [0.2, 0.25) is 0 Å². The van der Waals surface area contributed by atoms with E-state index in [4.69, 9.17) is 0 Å². The normalized spacial score (nSPS) is 15.9. The second-order valence-corrected chi connectivity index (χ2v) is 7.10. The van der Waals surface area contributed by atoms with Gasteiger partial charge >= 0.3 is 0 Å². The van der Waals surface area contributed by atoms with Gasteiger partial charge in [-0.05, 0) is 61.4 Å². The van der Waals surface area contributed by atoms with Crippen LogP contribution >= 0.6 is 0 Å². The largest absolute Gasteiger partial charge is 0.358 e. The molecule has 0 unspecified atom stereocenters. The summed E-state index contributed by atoms with van der Waals surface area (Å²) in [6.07, 6.45) is 10.5. The summed E-state index contributed by atoms with van der Waals surface area (Å²) in [6.45, 7) is 3.59. The van der Waals surface area contributed by atoms with E-state index in [1.165, 1.54) is 24.3 Å². The molecule has 28 heavy (non-hydrogen) atoms. The molecule has 0 atom stereocenters. The molecule has 2 heterocycles. The first-order valence-corrected chi connectivity index (χ1v) is 9.56. The predicted octanol–water partition coefficient (Wildman–Crippen LogP) is 4.55. The lowest BCUT2D eigenvalue weighted by Crippen LogP contribution is -2.28. The van der Waals surface area contributed by atoms with E-state index in [9.17, 15) is 8.78 Å². The Labute approximate surface area is 164 Å². The maximum absolute atomic E-state index is 13.0. The third-order valence-electron chi connectivity index (χ3n) is 5.04. The summed E-state index contributed by atoms with van der Waals surface area (Å²) in [5, 5.41) is 0. The average Bonchev–Trinajstić information content (AvgIpc) is 3.36. The highest BCUT2D eigenvalue weighted by Gasteiger charge is 2.15. The van der Waals surface area contributed by atoms with Gasteiger partial charge in [0.05, 0.1) is 13.3 Å². The van der Waals surface area contributed by atoms with Gasteiger partial charge in [-0.1, -0.05) is 0 Å². The lowest BCUT2D eigenvalue weighted by Gasteiger charge is -2.23. The van der Waals surface area contributed by atoms with Gasteiger partial charge in [-0.3, -0.25) is 0 Å². The van der Waals surface area contributed by atoms with Crippen molar-refractivity contribution in [3.8, 4) is 0 Å². The maximum Gasteiger partial charge on any atom is 0.123 e. The van der Waals surface area contributed by atoms with Gasteiger partial charge in [-0.15, -0.1) is 0 Å². The summed E-state index contributed by atoms with van der Waals surface area (Å²) < 4.78 is 26.1. The Kier molecular flexibility index (Phi) is 5.46. The molecule has 146 valence electrons. The Hall–Kier alpha value is -3.02. The second kappa shape index (κ2) is 8.33. The topological polar surface area (TPSA) is 13.0 Å². The molecule has 0 aliphatic carbocycles. The highest BCUT2D eigenvalue weighted by atomic mass is 19.1. The first-order chi connectivity index (χ1) is 13.7. The summed E-state index contributed by atoms with van der Waals surface area (Å²) in [6, 6.07) is 13.2. The molecule has 0 radical (unpaired) electrons. The third kappa shape index (κ3) is 4.44. The number of unbranched alkanes of at least 4 members (excludes halogenated alkanes) is 1. The molecule has 2 aromatic rings. The average molecular weight is 382 g/mol. The minimum atomic E-state index is -0.210. The zero-order valence-electron chi connectivity index (χ0n) is 15.7. The van der Waals surface area contributed by atoms with E-state index < -0.39 is 0 Å². The molecule has 0 saturated carbocycles. The number of rotatable bonds is 7. The summed E-state index contributed by atoms with van der Waals surface area (Å²) in [5.41, 5.74) is 2.01. The van der Waals surface area contributed by atoms with Gasteiger partial charge in [0, 0.05) is 49.3 Å². The van der Waals surface area contributed by atoms with Crippen molar-refractivity contribution < 1.29 is 8.78 Å². The SMILES string of the molecule is Fc1ccc(N2C=CN(CCCCN3C=CN(c4ccc(F)cc4)C3)C2)cc1. The zero-order valence-corrected chi connectivity index (χ0v) is 15.7. The van der Waals surface area contributed by atoms with Crippen molar-refractivity contribution in [2.24, 2.45) is 0 Å². The number of nitrogens with zero attached hydrogens (tertiary/aromatic N) is 4. The number of anilines is 2. The smallest absolute Gasteiger partial charge is 0.123 e. The molecular weight excluding hydrogens is 358 g/mol. The minimum Gasteiger partial charge on any atom is -0.358 e. The van der Waals surface area contributed by atoms with Gasteiger partial charge in [0.15, 0.2) is 0 Å². The van der Waals surface area contributed by atoms with Crippen LogP contribution in [0.15, 0.2) is 73.3 Å².